The Morgan fingerprint density at radius 3 is 1.69 bits per heavy atom. The largest absolute Gasteiger partial charge is 0.480 e. The second-order valence-corrected chi connectivity index (χ2v) is 14.5. The minimum Gasteiger partial charge on any atom is -0.480 e. The highest BCUT2D eigenvalue weighted by atomic mass is 31.2. The first-order valence-electron chi connectivity index (χ1n) is 19.8. The summed E-state index contributed by atoms with van der Waals surface area (Å²) in [5.41, 5.74) is 5.34. The van der Waals surface area contributed by atoms with E-state index in [0.29, 0.717) is 13.0 Å². The molecule has 0 aliphatic heterocycles. The number of ether oxygens (including phenoxy) is 2. The molecule has 11 heteroatoms. The predicted octanol–water partition coefficient (Wildman–Crippen LogP) is 10.5. The molecule has 3 unspecified atom stereocenters. The molecule has 0 saturated carbocycles. The van der Waals surface area contributed by atoms with E-state index in [0.717, 1.165) is 89.9 Å². The van der Waals surface area contributed by atoms with Crippen molar-refractivity contribution < 1.29 is 42.7 Å². The number of allylic oxidation sites excluding steroid dienone is 10. The molecule has 300 valence electrons. The molecule has 0 aromatic heterocycles. The zero-order valence-corrected chi connectivity index (χ0v) is 33.3. The topological polar surface area (TPSA) is 155 Å². The lowest BCUT2D eigenvalue weighted by atomic mass is 10.1. The number of carboxylic acid groups (broad SMARTS) is 1. The van der Waals surface area contributed by atoms with Gasteiger partial charge in [-0.1, -0.05) is 126 Å². The van der Waals surface area contributed by atoms with Crippen LogP contribution in [0.3, 0.4) is 0 Å². The summed E-state index contributed by atoms with van der Waals surface area (Å²) in [7, 11) is -4.62. The van der Waals surface area contributed by atoms with Crippen molar-refractivity contribution in [1.29, 1.82) is 0 Å². The van der Waals surface area contributed by atoms with Crippen molar-refractivity contribution in [2.45, 2.75) is 161 Å². The Hall–Kier alpha value is -2.33. The average molecular weight is 754 g/mol. The quantitative estimate of drug-likeness (QED) is 0.0242. The van der Waals surface area contributed by atoms with Crippen molar-refractivity contribution in [2.24, 2.45) is 5.73 Å². The van der Waals surface area contributed by atoms with Crippen LogP contribution in [0.25, 0.3) is 0 Å². The summed E-state index contributed by atoms with van der Waals surface area (Å²) in [6, 6.07) is -1.48. The molecule has 0 saturated heterocycles. The van der Waals surface area contributed by atoms with E-state index in [1.54, 1.807) is 0 Å². The molecule has 0 heterocycles. The molecule has 4 N–H and O–H groups in total. The summed E-state index contributed by atoms with van der Waals surface area (Å²) < 4.78 is 33.2. The van der Waals surface area contributed by atoms with Gasteiger partial charge in [0.25, 0.3) is 0 Å². The number of rotatable bonds is 37. The maximum atomic E-state index is 12.6. The Morgan fingerprint density at radius 1 is 0.635 bits per heavy atom. The van der Waals surface area contributed by atoms with Gasteiger partial charge in [0, 0.05) is 13.0 Å². The normalized spacial score (nSPS) is 14.7. The van der Waals surface area contributed by atoms with Crippen LogP contribution < -0.4 is 5.73 Å². The van der Waals surface area contributed by atoms with Gasteiger partial charge in [-0.15, -0.1) is 0 Å². The molecule has 52 heavy (non-hydrogen) atoms. The highest BCUT2D eigenvalue weighted by molar-refractivity contribution is 7.47. The van der Waals surface area contributed by atoms with E-state index in [1.165, 1.54) is 32.1 Å². The third-order valence-electron chi connectivity index (χ3n) is 8.03. The predicted molar refractivity (Wildman–Crippen MR) is 212 cm³/mol. The number of hydrogen-bond donors (Lipinski definition) is 3. The highest BCUT2D eigenvalue weighted by Crippen LogP contribution is 2.43. The molecule has 10 nitrogen and oxygen atoms in total. The van der Waals surface area contributed by atoms with Gasteiger partial charge in [-0.25, -0.2) is 4.57 Å². The summed E-state index contributed by atoms with van der Waals surface area (Å²) in [5, 5.41) is 8.87. The molecule has 0 aliphatic rings. The fourth-order valence-electron chi connectivity index (χ4n) is 4.94. The standard InChI is InChI=1S/C41H72NO9P/c1-3-5-7-9-11-13-15-17-19-20-22-24-26-28-30-32-34-48-35-38(36-49-52(46,47)50-37-39(42)41(44)45)51-40(43)33-31-29-27-25-23-21-18-16-14-12-10-8-6-4-2/h5,7,11,13,16-19,22,24,38-39H,3-4,6,8-10,12,14-15,20-21,23,25-37,42H2,1-2H3,(H,44,45)(H,46,47)/b7-5-,13-11-,18-16-,19-17-,24-22-. The van der Waals surface area contributed by atoms with Crippen LogP contribution in [0.4, 0.5) is 0 Å². The van der Waals surface area contributed by atoms with Crippen molar-refractivity contribution in [3.05, 3.63) is 60.8 Å². The van der Waals surface area contributed by atoms with Gasteiger partial charge in [-0.3, -0.25) is 18.6 Å². The number of phosphoric acid groups is 1. The molecule has 0 amide bonds. The van der Waals surface area contributed by atoms with E-state index in [4.69, 9.17) is 29.4 Å². The smallest absolute Gasteiger partial charge is 0.472 e. The Bertz CT molecular complexity index is 1060. The van der Waals surface area contributed by atoms with E-state index >= 15 is 0 Å². The van der Waals surface area contributed by atoms with E-state index in [9.17, 15) is 19.0 Å². The van der Waals surface area contributed by atoms with Gasteiger partial charge in [0.15, 0.2) is 0 Å². The number of carbonyl (C=O) groups excluding carboxylic acids is 1. The van der Waals surface area contributed by atoms with Crippen LogP contribution in [0.5, 0.6) is 0 Å². The first kappa shape index (κ1) is 49.7. The highest BCUT2D eigenvalue weighted by Gasteiger charge is 2.27. The van der Waals surface area contributed by atoms with E-state index < -0.39 is 45.1 Å². The zero-order chi connectivity index (χ0) is 38.4. The first-order valence-corrected chi connectivity index (χ1v) is 21.3. The molecule has 0 rings (SSSR count). The van der Waals surface area contributed by atoms with Gasteiger partial charge >= 0.3 is 19.8 Å². The number of aliphatic carboxylic acids is 1. The summed E-state index contributed by atoms with van der Waals surface area (Å²) in [6.07, 6.45) is 42.7. The molecule has 0 aromatic rings. The monoisotopic (exact) mass is 753 g/mol. The Morgan fingerprint density at radius 2 is 1.12 bits per heavy atom. The number of carbonyl (C=O) groups is 2. The van der Waals surface area contributed by atoms with Gasteiger partial charge in [0.1, 0.15) is 12.1 Å². The Balaban J connectivity index is 4.38. The van der Waals surface area contributed by atoms with Crippen LogP contribution in [0.15, 0.2) is 60.8 Å². The third-order valence-corrected chi connectivity index (χ3v) is 8.98. The molecular weight excluding hydrogens is 681 g/mol. The van der Waals surface area contributed by atoms with Gasteiger partial charge in [-0.2, -0.15) is 0 Å². The molecular formula is C41H72NO9P. The SMILES string of the molecule is CC/C=C\C/C=C\C/C=C\C/C=C\CCCCCOCC(COP(=O)(O)OCC(N)C(=O)O)OC(=O)CCCCCCC/C=C\CCCCCCC. The summed E-state index contributed by atoms with van der Waals surface area (Å²) in [6.45, 7) is 3.65. The molecule has 3 atom stereocenters. The summed E-state index contributed by atoms with van der Waals surface area (Å²) in [4.78, 5) is 33.4. The molecule has 0 spiro atoms. The van der Waals surface area contributed by atoms with Crippen LogP contribution in [0.2, 0.25) is 0 Å². The minimum absolute atomic E-state index is 0.0104. The van der Waals surface area contributed by atoms with Gasteiger partial charge in [0.2, 0.25) is 0 Å². The maximum Gasteiger partial charge on any atom is 0.472 e. The van der Waals surface area contributed by atoms with Crippen molar-refractivity contribution in [3.63, 3.8) is 0 Å². The van der Waals surface area contributed by atoms with Gasteiger partial charge < -0.3 is 25.2 Å². The number of unbranched alkanes of at least 4 members (excludes halogenated alkanes) is 13. The first-order chi connectivity index (χ1) is 25.2. The second kappa shape index (κ2) is 37.0. The molecule has 0 aliphatic carbocycles. The number of nitrogens with two attached hydrogens (primary N) is 1. The van der Waals surface area contributed by atoms with Crippen molar-refractivity contribution in [1.82, 2.24) is 0 Å². The lowest BCUT2D eigenvalue weighted by molar-refractivity contribution is -0.154. The lowest BCUT2D eigenvalue weighted by Gasteiger charge is -2.20. The second-order valence-electron chi connectivity index (χ2n) is 13.0. The van der Waals surface area contributed by atoms with Crippen molar-refractivity contribution in [3.8, 4) is 0 Å². The number of carboxylic acids is 1. The molecule has 0 fully saturated rings. The Labute approximate surface area is 315 Å². The lowest BCUT2D eigenvalue weighted by Crippen LogP contribution is -2.34. The van der Waals surface area contributed by atoms with Crippen LogP contribution in [0.1, 0.15) is 149 Å². The van der Waals surface area contributed by atoms with Crippen LogP contribution in [-0.2, 0) is 32.7 Å². The van der Waals surface area contributed by atoms with E-state index in [2.05, 4.69) is 74.6 Å². The van der Waals surface area contributed by atoms with E-state index in [1.807, 2.05) is 0 Å². The summed E-state index contributed by atoms with van der Waals surface area (Å²) in [5.74, 6) is -1.81. The molecule has 0 bridgehead atoms. The van der Waals surface area contributed by atoms with E-state index in [-0.39, 0.29) is 13.0 Å². The molecule has 0 aromatic carbocycles. The molecule has 0 radical (unpaired) electrons. The van der Waals surface area contributed by atoms with Crippen molar-refractivity contribution in [2.75, 3.05) is 26.4 Å². The maximum absolute atomic E-state index is 12.6. The van der Waals surface area contributed by atoms with Gasteiger partial charge in [-0.05, 0) is 77.0 Å². The van der Waals surface area contributed by atoms with Crippen LogP contribution in [-0.4, -0.2) is 60.5 Å². The van der Waals surface area contributed by atoms with Gasteiger partial charge in [0.05, 0.1) is 19.8 Å². The number of phosphoric ester groups is 1. The van der Waals surface area contributed by atoms with Crippen LogP contribution in [0, 0.1) is 0 Å². The summed E-state index contributed by atoms with van der Waals surface area (Å²) >= 11 is 0. The van der Waals surface area contributed by atoms with Crippen LogP contribution >= 0.6 is 7.82 Å². The third kappa shape index (κ3) is 36.0. The van der Waals surface area contributed by atoms with Crippen molar-refractivity contribution >= 4 is 19.8 Å². The number of esters is 1. The fourth-order valence-corrected chi connectivity index (χ4v) is 5.72. The zero-order valence-electron chi connectivity index (χ0n) is 32.4. The Kier molecular flexibility index (Phi) is 35.3. The number of hydrogen-bond acceptors (Lipinski definition) is 8. The average Bonchev–Trinajstić information content (AvgIpc) is 3.12. The minimum atomic E-state index is -4.62. The fraction of sp³-hybridized carbons (Fsp3) is 0.707.